The van der Waals surface area contributed by atoms with Crippen molar-refractivity contribution >= 4 is 17.7 Å². The van der Waals surface area contributed by atoms with Crippen molar-refractivity contribution in [1.29, 1.82) is 0 Å². The summed E-state index contributed by atoms with van der Waals surface area (Å²) in [5.41, 5.74) is 0.933. The molecule has 2 fully saturated rings. The highest BCUT2D eigenvalue weighted by atomic mass is 19.1. The van der Waals surface area contributed by atoms with Crippen LogP contribution in [0.15, 0.2) is 48.5 Å². The van der Waals surface area contributed by atoms with E-state index in [1.165, 1.54) is 24.3 Å². The van der Waals surface area contributed by atoms with Gasteiger partial charge >= 0.3 is 0 Å². The van der Waals surface area contributed by atoms with Crippen LogP contribution in [-0.2, 0) is 4.79 Å². The number of nitrogens with zero attached hydrogens (tertiary/aromatic N) is 1. The van der Waals surface area contributed by atoms with Gasteiger partial charge in [0.25, 0.3) is 11.8 Å². The van der Waals surface area contributed by atoms with Gasteiger partial charge in [0.2, 0.25) is 5.91 Å². The molecule has 3 amide bonds. The van der Waals surface area contributed by atoms with Crippen molar-refractivity contribution in [3.63, 3.8) is 0 Å². The Kier molecular flexibility index (Phi) is 8.00. The molecule has 0 aromatic heterocycles. The van der Waals surface area contributed by atoms with Gasteiger partial charge in [0.05, 0.1) is 13.0 Å². The molecule has 3 atom stereocenters. The number of piperidine rings is 1. The molecule has 186 valence electrons. The van der Waals surface area contributed by atoms with Gasteiger partial charge in [-0.2, -0.15) is 0 Å². The van der Waals surface area contributed by atoms with Gasteiger partial charge in [-0.05, 0) is 68.1 Å². The Morgan fingerprint density at radius 2 is 1.63 bits per heavy atom. The first-order valence-electron chi connectivity index (χ1n) is 12.2. The van der Waals surface area contributed by atoms with E-state index in [-0.39, 0.29) is 35.7 Å². The molecule has 2 aromatic carbocycles. The predicted molar refractivity (Wildman–Crippen MR) is 130 cm³/mol. The highest BCUT2D eigenvalue weighted by molar-refractivity contribution is 5.95. The predicted octanol–water partition coefficient (Wildman–Crippen LogP) is 3.54. The highest BCUT2D eigenvalue weighted by Gasteiger charge is 2.33. The molecule has 2 aliphatic rings. The van der Waals surface area contributed by atoms with E-state index in [0.29, 0.717) is 36.4 Å². The topological polar surface area (TPSA) is 87.7 Å². The van der Waals surface area contributed by atoms with Crippen LogP contribution in [0.5, 0.6) is 5.75 Å². The summed E-state index contributed by atoms with van der Waals surface area (Å²) in [7, 11) is 1.56. The van der Waals surface area contributed by atoms with Crippen molar-refractivity contribution in [2.24, 2.45) is 5.92 Å². The third-order valence-corrected chi connectivity index (χ3v) is 6.91. The smallest absolute Gasteiger partial charge is 0.254 e. The number of carbonyl (C=O) groups is 3. The van der Waals surface area contributed by atoms with Crippen LogP contribution in [0.2, 0.25) is 0 Å². The minimum atomic E-state index is -0.393. The lowest BCUT2D eigenvalue weighted by Gasteiger charge is -2.36. The van der Waals surface area contributed by atoms with E-state index in [1.54, 1.807) is 36.3 Å². The van der Waals surface area contributed by atoms with Gasteiger partial charge in [0.15, 0.2) is 0 Å². The maximum atomic E-state index is 13.2. The van der Waals surface area contributed by atoms with Crippen molar-refractivity contribution in [2.75, 3.05) is 20.2 Å². The largest absolute Gasteiger partial charge is 0.497 e. The number of hydrogen-bond donors (Lipinski definition) is 2. The van der Waals surface area contributed by atoms with E-state index in [9.17, 15) is 18.8 Å². The van der Waals surface area contributed by atoms with Crippen LogP contribution < -0.4 is 15.4 Å². The van der Waals surface area contributed by atoms with Crippen molar-refractivity contribution in [2.45, 2.75) is 50.6 Å². The number of methoxy groups -OCH3 is 1. The van der Waals surface area contributed by atoms with Crippen LogP contribution in [0.25, 0.3) is 0 Å². The maximum Gasteiger partial charge on any atom is 0.254 e. The summed E-state index contributed by atoms with van der Waals surface area (Å²) in [6, 6.07) is 12.1. The molecule has 8 heteroatoms. The first-order valence-corrected chi connectivity index (χ1v) is 12.2. The second-order valence-corrected chi connectivity index (χ2v) is 9.31. The molecule has 4 rings (SSSR count). The van der Waals surface area contributed by atoms with E-state index < -0.39 is 5.82 Å². The van der Waals surface area contributed by atoms with Gasteiger partial charge < -0.3 is 20.3 Å². The number of rotatable bonds is 6. The molecule has 0 spiro atoms. The van der Waals surface area contributed by atoms with E-state index in [1.807, 2.05) is 0 Å². The Balaban J connectivity index is 1.36. The van der Waals surface area contributed by atoms with Gasteiger partial charge in [-0.1, -0.05) is 18.9 Å². The molecule has 7 nitrogen and oxygen atoms in total. The van der Waals surface area contributed by atoms with Crippen LogP contribution in [-0.4, -0.2) is 54.9 Å². The molecular formula is C27H32FN3O4. The third kappa shape index (κ3) is 6.18. The molecule has 1 aliphatic heterocycles. The molecule has 2 N–H and O–H groups in total. The van der Waals surface area contributed by atoms with Crippen molar-refractivity contribution in [3.8, 4) is 5.75 Å². The van der Waals surface area contributed by atoms with E-state index in [0.717, 1.165) is 32.1 Å². The summed E-state index contributed by atoms with van der Waals surface area (Å²) >= 11 is 0. The Labute approximate surface area is 205 Å². The molecule has 1 aliphatic carbocycles. The fourth-order valence-electron chi connectivity index (χ4n) is 4.94. The zero-order valence-electron chi connectivity index (χ0n) is 20.0. The first kappa shape index (κ1) is 24.7. The lowest BCUT2D eigenvalue weighted by atomic mass is 9.88. The van der Waals surface area contributed by atoms with Crippen LogP contribution >= 0.6 is 0 Å². The second kappa shape index (κ2) is 11.3. The summed E-state index contributed by atoms with van der Waals surface area (Å²) in [6.45, 7) is 0.973. The molecule has 35 heavy (non-hydrogen) atoms. The fraction of sp³-hybridized carbons (Fsp3) is 0.444. The summed E-state index contributed by atoms with van der Waals surface area (Å²) in [4.78, 5) is 40.6. The quantitative estimate of drug-likeness (QED) is 0.661. The zero-order valence-corrected chi connectivity index (χ0v) is 20.0. The normalized spacial score (nSPS) is 22.2. The van der Waals surface area contributed by atoms with E-state index >= 15 is 0 Å². The molecule has 0 bridgehead atoms. The van der Waals surface area contributed by atoms with Crippen LogP contribution in [0.1, 0.15) is 59.2 Å². The SMILES string of the molecule is COc1cccc(C(=O)N2CCCC(C(=O)NC3CCCC[C@H]3NC(=O)c3ccc(F)cc3)C2)c1. The van der Waals surface area contributed by atoms with Crippen molar-refractivity contribution in [3.05, 3.63) is 65.5 Å². The minimum absolute atomic E-state index is 0.0823. The maximum absolute atomic E-state index is 13.2. The zero-order chi connectivity index (χ0) is 24.8. The van der Waals surface area contributed by atoms with Gasteiger partial charge in [0, 0.05) is 36.3 Å². The molecule has 2 aromatic rings. The van der Waals surface area contributed by atoms with Crippen LogP contribution in [0, 0.1) is 11.7 Å². The number of halogens is 1. The van der Waals surface area contributed by atoms with Crippen LogP contribution in [0.3, 0.4) is 0 Å². The second-order valence-electron chi connectivity index (χ2n) is 9.31. The summed E-state index contributed by atoms with van der Waals surface area (Å²) < 4.78 is 18.4. The fourth-order valence-corrected chi connectivity index (χ4v) is 4.94. The Bertz CT molecular complexity index is 1060. The summed E-state index contributed by atoms with van der Waals surface area (Å²) in [5.74, 6) is -0.536. The third-order valence-electron chi connectivity index (χ3n) is 6.91. The molecule has 0 radical (unpaired) electrons. The average molecular weight is 482 g/mol. The van der Waals surface area contributed by atoms with E-state index in [2.05, 4.69) is 10.6 Å². The Morgan fingerprint density at radius 3 is 2.34 bits per heavy atom. The molecule has 2 unspecified atom stereocenters. The Hall–Kier alpha value is -3.42. The van der Waals surface area contributed by atoms with Gasteiger partial charge in [-0.25, -0.2) is 4.39 Å². The van der Waals surface area contributed by atoms with Crippen molar-refractivity contribution < 1.29 is 23.5 Å². The lowest BCUT2D eigenvalue weighted by Crippen LogP contribution is -2.55. The van der Waals surface area contributed by atoms with E-state index in [4.69, 9.17) is 4.74 Å². The molecule has 1 saturated carbocycles. The lowest BCUT2D eigenvalue weighted by molar-refractivity contribution is -0.127. The average Bonchev–Trinajstić information content (AvgIpc) is 2.89. The summed E-state index contributed by atoms with van der Waals surface area (Å²) in [5, 5.41) is 6.17. The summed E-state index contributed by atoms with van der Waals surface area (Å²) in [6.07, 6.45) is 4.95. The first-order chi connectivity index (χ1) is 16.9. The molecule has 1 saturated heterocycles. The van der Waals surface area contributed by atoms with Gasteiger partial charge in [-0.3, -0.25) is 14.4 Å². The van der Waals surface area contributed by atoms with Crippen molar-refractivity contribution in [1.82, 2.24) is 15.5 Å². The minimum Gasteiger partial charge on any atom is -0.497 e. The standard InChI is InChI=1S/C27H32FN3O4/c1-35-22-8-4-6-19(16-22)27(34)31-15-5-7-20(17-31)26(33)30-24-10-3-2-9-23(24)29-25(32)18-11-13-21(28)14-12-18/h4,6,8,11-14,16,20,23-24H,2-3,5,7,9-10,15,17H2,1H3,(H,29,32)(H,30,33)/t20?,23-,24?/m1/s1. The number of likely N-dealkylation sites (tertiary alicyclic amines) is 1. The number of carbonyl (C=O) groups excluding carboxylic acids is 3. The highest BCUT2D eigenvalue weighted by Crippen LogP contribution is 2.23. The number of benzene rings is 2. The van der Waals surface area contributed by atoms with Crippen LogP contribution in [0.4, 0.5) is 4.39 Å². The van der Waals surface area contributed by atoms with Gasteiger partial charge in [-0.15, -0.1) is 0 Å². The molecule has 1 heterocycles. The monoisotopic (exact) mass is 481 g/mol. The number of ether oxygens (including phenoxy) is 1. The number of amides is 3. The number of hydrogen-bond acceptors (Lipinski definition) is 4. The Morgan fingerprint density at radius 1 is 0.914 bits per heavy atom. The molecular weight excluding hydrogens is 449 g/mol. The number of nitrogens with one attached hydrogen (secondary N) is 2. The van der Waals surface area contributed by atoms with Gasteiger partial charge in [0.1, 0.15) is 11.6 Å².